The fraction of sp³-hybridized carbons (Fsp3) is 1.00. The van der Waals surface area contributed by atoms with E-state index < -0.39 is 0 Å². The van der Waals surface area contributed by atoms with Crippen molar-refractivity contribution in [3.63, 3.8) is 0 Å². The molecule has 2 bridgehead atoms. The Kier molecular flexibility index (Phi) is 3.87. The smallest absolute Gasteiger partial charge is 0.0362 e. The molecule has 0 saturated carbocycles. The van der Waals surface area contributed by atoms with Gasteiger partial charge in [0.25, 0.3) is 0 Å². The molecule has 3 saturated heterocycles. The Morgan fingerprint density at radius 1 is 0.950 bits per heavy atom. The lowest BCUT2D eigenvalue weighted by atomic mass is 9.80. The predicted molar refractivity (Wildman–Crippen MR) is 83.9 cm³/mol. The van der Waals surface area contributed by atoms with Gasteiger partial charge in [-0.1, -0.05) is 0 Å². The van der Waals surface area contributed by atoms with Gasteiger partial charge in [0.15, 0.2) is 0 Å². The second-order valence-electron chi connectivity index (χ2n) is 7.66. The first-order valence-corrected chi connectivity index (χ1v) is 8.36. The Bertz CT molecular complexity index is 332. The van der Waals surface area contributed by atoms with Gasteiger partial charge in [-0.2, -0.15) is 0 Å². The number of nitrogens with zero attached hydrogens (tertiary/aromatic N) is 3. The molecule has 116 valence electrons. The minimum atomic E-state index is 0.266. The van der Waals surface area contributed by atoms with Gasteiger partial charge in [0.1, 0.15) is 0 Å². The van der Waals surface area contributed by atoms with Crippen molar-refractivity contribution in [2.24, 2.45) is 5.73 Å². The van der Waals surface area contributed by atoms with Crippen molar-refractivity contribution in [1.82, 2.24) is 14.7 Å². The van der Waals surface area contributed by atoms with Gasteiger partial charge in [0.2, 0.25) is 0 Å². The lowest BCUT2D eigenvalue weighted by Gasteiger charge is -2.55. The van der Waals surface area contributed by atoms with E-state index in [2.05, 4.69) is 42.6 Å². The van der Waals surface area contributed by atoms with E-state index in [4.69, 9.17) is 5.73 Å². The third kappa shape index (κ3) is 2.21. The van der Waals surface area contributed by atoms with E-state index >= 15 is 0 Å². The van der Waals surface area contributed by atoms with Crippen LogP contribution in [0.2, 0.25) is 0 Å². The van der Waals surface area contributed by atoms with Crippen LogP contribution in [0.5, 0.6) is 0 Å². The Labute approximate surface area is 124 Å². The van der Waals surface area contributed by atoms with Crippen molar-refractivity contribution in [3.8, 4) is 0 Å². The first-order chi connectivity index (χ1) is 9.47. The van der Waals surface area contributed by atoms with E-state index in [0.717, 1.165) is 18.6 Å². The molecule has 4 nitrogen and oxygen atoms in total. The molecule has 3 aliphatic heterocycles. The van der Waals surface area contributed by atoms with E-state index in [0.29, 0.717) is 12.1 Å². The highest BCUT2D eigenvalue weighted by Gasteiger charge is 2.50. The van der Waals surface area contributed by atoms with Crippen LogP contribution >= 0.6 is 0 Å². The zero-order chi connectivity index (χ0) is 14.5. The van der Waals surface area contributed by atoms with Gasteiger partial charge in [-0.15, -0.1) is 0 Å². The molecular weight excluding hydrogens is 248 g/mol. The van der Waals surface area contributed by atoms with Crippen LogP contribution in [0.1, 0.15) is 39.5 Å². The van der Waals surface area contributed by atoms with E-state index in [1.807, 2.05) is 0 Å². The molecule has 3 heterocycles. The number of piperazine rings is 1. The predicted octanol–water partition coefficient (Wildman–Crippen LogP) is 0.965. The SMILES string of the molecule is CC1CN(C2(CN)CC3CCC(C2)N3C)CC(C)N1C. The fourth-order valence-electron chi connectivity index (χ4n) is 4.89. The third-order valence-electron chi connectivity index (χ3n) is 6.63. The standard InChI is InChI=1S/C16H32N4/c1-12-9-20(10-13(2)18(12)3)16(11-17)7-14-5-6-15(8-16)19(14)4/h12-15H,5-11,17H2,1-4H3. The molecule has 3 aliphatic rings. The summed E-state index contributed by atoms with van der Waals surface area (Å²) in [6, 6.07) is 2.81. The minimum Gasteiger partial charge on any atom is -0.329 e. The van der Waals surface area contributed by atoms with Crippen molar-refractivity contribution in [3.05, 3.63) is 0 Å². The second-order valence-corrected chi connectivity index (χ2v) is 7.66. The fourth-order valence-corrected chi connectivity index (χ4v) is 4.89. The Morgan fingerprint density at radius 3 is 1.90 bits per heavy atom. The van der Waals surface area contributed by atoms with E-state index in [9.17, 15) is 0 Å². The summed E-state index contributed by atoms with van der Waals surface area (Å²) in [4.78, 5) is 7.89. The molecule has 0 aliphatic carbocycles. The summed E-state index contributed by atoms with van der Waals surface area (Å²) in [6.45, 7) is 7.91. The van der Waals surface area contributed by atoms with Gasteiger partial charge in [-0.05, 0) is 53.6 Å². The highest BCUT2D eigenvalue weighted by molar-refractivity contribution is 5.08. The van der Waals surface area contributed by atoms with Crippen LogP contribution in [-0.2, 0) is 0 Å². The van der Waals surface area contributed by atoms with E-state index in [-0.39, 0.29) is 5.54 Å². The molecule has 0 aromatic carbocycles. The van der Waals surface area contributed by atoms with Gasteiger partial charge in [0, 0.05) is 49.3 Å². The van der Waals surface area contributed by atoms with E-state index in [1.165, 1.54) is 38.8 Å². The monoisotopic (exact) mass is 280 g/mol. The van der Waals surface area contributed by atoms with Crippen molar-refractivity contribution in [2.75, 3.05) is 33.7 Å². The van der Waals surface area contributed by atoms with Crippen molar-refractivity contribution >= 4 is 0 Å². The summed E-state index contributed by atoms with van der Waals surface area (Å²) in [5.74, 6) is 0. The molecule has 0 amide bonds. The summed E-state index contributed by atoms with van der Waals surface area (Å²) in [5.41, 5.74) is 6.58. The number of hydrogen-bond acceptors (Lipinski definition) is 4. The van der Waals surface area contributed by atoms with Gasteiger partial charge in [-0.3, -0.25) is 9.80 Å². The first kappa shape index (κ1) is 14.8. The van der Waals surface area contributed by atoms with Crippen LogP contribution in [0.3, 0.4) is 0 Å². The number of likely N-dealkylation sites (N-methyl/N-ethyl adjacent to an activating group) is 1. The molecule has 0 spiro atoms. The Morgan fingerprint density at radius 2 is 1.45 bits per heavy atom. The minimum absolute atomic E-state index is 0.266. The molecule has 20 heavy (non-hydrogen) atoms. The molecule has 0 radical (unpaired) electrons. The number of hydrogen-bond donors (Lipinski definition) is 1. The number of nitrogens with two attached hydrogens (primary N) is 1. The molecule has 0 aromatic rings. The van der Waals surface area contributed by atoms with Crippen LogP contribution < -0.4 is 5.73 Å². The van der Waals surface area contributed by atoms with Gasteiger partial charge >= 0.3 is 0 Å². The average molecular weight is 280 g/mol. The van der Waals surface area contributed by atoms with Gasteiger partial charge < -0.3 is 10.6 Å². The van der Waals surface area contributed by atoms with Crippen LogP contribution in [0.25, 0.3) is 0 Å². The zero-order valence-electron chi connectivity index (χ0n) is 13.7. The third-order valence-corrected chi connectivity index (χ3v) is 6.63. The zero-order valence-corrected chi connectivity index (χ0v) is 13.7. The molecule has 3 rings (SSSR count). The highest BCUT2D eigenvalue weighted by atomic mass is 15.3. The first-order valence-electron chi connectivity index (χ1n) is 8.36. The van der Waals surface area contributed by atoms with Crippen LogP contribution in [0.15, 0.2) is 0 Å². The Balaban J connectivity index is 1.80. The molecule has 3 fully saturated rings. The summed E-state index contributed by atoms with van der Waals surface area (Å²) in [7, 11) is 4.58. The summed E-state index contributed by atoms with van der Waals surface area (Å²) in [6.07, 6.45) is 5.31. The number of rotatable bonds is 2. The highest BCUT2D eigenvalue weighted by Crippen LogP contribution is 2.43. The largest absolute Gasteiger partial charge is 0.329 e. The normalized spacial score (nSPS) is 47.9. The number of piperidine rings is 1. The molecule has 0 aromatic heterocycles. The lowest BCUT2D eigenvalue weighted by Crippen LogP contribution is -2.68. The number of fused-ring (bicyclic) bond motifs is 2. The van der Waals surface area contributed by atoms with Crippen LogP contribution in [-0.4, -0.2) is 78.1 Å². The van der Waals surface area contributed by atoms with Crippen LogP contribution in [0.4, 0.5) is 0 Å². The Hall–Kier alpha value is -0.160. The van der Waals surface area contributed by atoms with Crippen molar-refractivity contribution in [1.29, 1.82) is 0 Å². The van der Waals surface area contributed by atoms with Crippen LogP contribution in [0, 0.1) is 0 Å². The topological polar surface area (TPSA) is 35.7 Å². The molecule has 4 heteroatoms. The maximum atomic E-state index is 6.32. The van der Waals surface area contributed by atoms with Crippen molar-refractivity contribution < 1.29 is 0 Å². The molecular formula is C16H32N4. The lowest BCUT2D eigenvalue weighted by molar-refractivity contribution is -0.0513. The van der Waals surface area contributed by atoms with Gasteiger partial charge in [0.05, 0.1) is 0 Å². The molecule has 2 N–H and O–H groups in total. The second kappa shape index (κ2) is 5.24. The maximum absolute atomic E-state index is 6.32. The molecule has 4 unspecified atom stereocenters. The summed E-state index contributed by atoms with van der Waals surface area (Å²) >= 11 is 0. The summed E-state index contributed by atoms with van der Waals surface area (Å²) in [5, 5.41) is 0. The quantitative estimate of drug-likeness (QED) is 0.817. The van der Waals surface area contributed by atoms with E-state index in [1.54, 1.807) is 0 Å². The van der Waals surface area contributed by atoms with Crippen molar-refractivity contribution in [2.45, 2.75) is 69.2 Å². The average Bonchev–Trinajstić information content (AvgIpc) is 2.66. The maximum Gasteiger partial charge on any atom is 0.0362 e. The summed E-state index contributed by atoms with van der Waals surface area (Å²) < 4.78 is 0. The molecule has 4 atom stereocenters. The van der Waals surface area contributed by atoms with Gasteiger partial charge in [-0.25, -0.2) is 0 Å².